The van der Waals surface area contributed by atoms with Crippen LogP contribution in [0.3, 0.4) is 0 Å². The minimum absolute atomic E-state index is 0.0268. The molecule has 1 rings (SSSR count). The number of hydrogen-bond acceptors (Lipinski definition) is 3. The van der Waals surface area contributed by atoms with E-state index in [0.717, 1.165) is 31.5 Å². The van der Waals surface area contributed by atoms with E-state index in [2.05, 4.69) is 18.7 Å². The lowest BCUT2D eigenvalue weighted by atomic mass is 9.91. The van der Waals surface area contributed by atoms with E-state index in [1.54, 1.807) is 0 Å². The highest BCUT2D eigenvalue weighted by Crippen LogP contribution is 2.19. The van der Waals surface area contributed by atoms with Crippen LogP contribution in [0.1, 0.15) is 32.3 Å². The predicted octanol–water partition coefficient (Wildman–Crippen LogP) is 1.95. The van der Waals surface area contributed by atoms with Crippen LogP contribution in [0.4, 0.5) is 0 Å². The first-order valence-corrected chi connectivity index (χ1v) is 6.84. The van der Waals surface area contributed by atoms with E-state index in [1.807, 2.05) is 30.3 Å². The molecule has 3 N–H and O–H groups in total. The Morgan fingerprint density at radius 3 is 2.11 bits per heavy atom. The van der Waals surface area contributed by atoms with Gasteiger partial charge in [0.2, 0.25) is 0 Å². The highest BCUT2D eigenvalue weighted by atomic mass is 16.3. The summed E-state index contributed by atoms with van der Waals surface area (Å²) in [4.78, 5) is 2.34. The molecule has 0 spiro atoms. The van der Waals surface area contributed by atoms with Gasteiger partial charge in [0.1, 0.15) is 0 Å². The van der Waals surface area contributed by atoms with Gasteiger partial charge in [0.15, 0.2) is 0 Å². The summed E-state index contributed by atoms with van der Waals surface area (Å²) in [6, 6.07) is 9.89. The summed E-state index contributed by atoms with van der Waals surface area (Å²) in [5, 5.41) is 9.67. The number of aliphatic hydroxyl groups is 1. The Bertz CT molecular complexity index is 323. The lowest BCUT2D eigenvalue weighted by Crippen LogP contribution is -2.50. The van der Waals surface area contributed by atoms with Crippen molar-refractivity contribution in [2.24, 2.45) is 5.73 Å². The number of aliphatic hydroxyl groups excluding tert-OH is 1. The van der Waals surface area contributed by atoms with Gasteiger partial charge >= 0.3 is 0 Å². The quantitative estimate of drug-likeness (QED) is 0.741. The van der Waals surface area contributed by atoms with Crippen molar-refractivity contribution in [3.05, 3.63) is 35.9 Å². The molecule has 0 aliphatic heterocycles. The molecule has 0 saturated heterocycles. The number of nitrogens with zero attached hydrogens (tertiary/aromatic N) is 1. The van der Waals surface area contributed by atoms with Crippen molar-refractivity contribution in [3.63, 3.8) is 0 Å². The molecule has 0 bridgehead atoms. The molecule has 0 radical (unpaired) electrons. The van der Waals surface area contributed by atoms with Gasteiger partial charge in [-0.1, -0.05) is 44.2 Å². The molecule has 0 fully saturated rings. The Labute approximate surface area is 111 Å². The SMILES string of the molecule is CCCN(CCC)CC(N)(CO)c1ccccc1. The zero-order valence-corrected chi connectivity index (χ0v) is 11.6. The lowest BCUT2D eigenvalue weighted by Gasteiger charge is -2.34. The van der Waals surface area contributed by atoms with Gasteiger partial charge < -0.3 is 15.7 Å². The summed E-state index contributed by atoms with van der Waals surface area (Å²) in [5.41, 5.74) is 6.73. The van der Waals surface area contributed by atoms with Gasteiger partial charge in [-0.2, -0.15) is 0 Å². The molecule has 0 saturated carbocycles. The largest absolute Gasteiger partial charge is 0.394 e. The van der Waals surface area contributed by atoms with Crippen LogP contribution in [0.25, 0.3) is 0 Å². The van der Waals surface area contributed by atoms with E-state index in [-0.39, 0.29) is 6.61 Å². The van der Waals surface area contributed by atoms with Crippen LogP contribution in [-0.4, -0.2) is 36.2 Å². The molecule has 18 heavy (non-hydrogen) atoms. The van der Waals surface area contributed by atoms with Gasteiger partial charge in [-0.05, 0) is 31.5 Å². The van der Waals surface area contributed by atoms with Crippen LogP contribution in [0.5, 0.6) is 0 Å². The minimum Gasteiger partial charge on any atom is -0.394 e. The molecular weight excluding hydrogens is 224 g/mol. The van der Waals surface area contributed by atoms with Gasteiger partial charge in [0, 0.05) is 6.54 Å². The molecular formula is C15H26N2O. The summed E-state index contributed by atoms with van der Waals surface area (Å²) in [6.45, 7) is 7.07. The lowest BCUT2D eigenvalue weighted by molar-refractivity contribution is 0.135. The van der Waals surface area contributed by atoms with Crippen molar-refractivity contribution >= 4 is 0 Å². The fraction of sp³-hybridized carbons (Fsp3) is 0.600. The summed E-state index contributed by atoms with van der Waals surface area (Å²) in [6.07, 6.45) is 2.21. The van der Waals surface area contributed by atoms with E-state index >= 15 is 0 Å². The zero-order valence-electron chi connectivity index (χ0n) is 11.6. The maximum absolute atomic E-state index is 9.67. The molecule has 1 unspecified atom stereocenters. The highest BCUT2D eigenvalue weighted by molar-refractivity contribution is 5.24. The smallest absolute Gasteiger partial charge is 0.0772 e. The standard InChI is InChI=1S/C15H26N2O/c1-3-10-17(11-4-2)12-15(16,13-18)14-8-6-5-7-9-14/h5-9,18H,3-4,10-13,16H2,1-2H3. The number of hydrogen-bond donors (Lipinski definition) is 2. The van der Waals surface area contributed by atoms with Gasteiger partial charge in [-0.25, -0.2) is 0 Å². The monoisotopic (exact) mass is 250 g/mol. The van der Waals surface area contributed by atoms with Crippen molar-refractivity contribution in [2.75, 3.05) is 26.2 Å². The number of rotatable bonds is 8. The average molecular weight is 250 g/mol. The first kappa shape index (κ1) is 15.2. The van der Waals surface area contributed by atoms with E-state index in [0.29, 0.717) is 6.54 Å². The summed E-state index contributed by atoms with van der Waals surface area (Å²) < 4.78 is 0. The normalized spacial score (nSPS) is 14.7. The summed E-state index contributed by atoms with van der Waals surface area (Å²) >= 11 is 0. The maximum atomic E-state index is 9.67. The van der Waals surface area contributed by atoms with Crippen molar-refractivity contribution in [1.82, 2.24) is 4.90 Å². The molecule has 0 heterocycles. The molecule has 3 nitrogen and oxygen atoms in total. The number of nitrogens with two attached hydrogens (primary N) is 1. The Morgan fingerprint density at radius 2 is 1.67 bits per heavy atom. The molecule has 0 aliphatic rings. The zero-order chi connectivity index (χ0) is 13.4. The van der Waals surface area contributed by atoms with E-state index in [4.69, 9.17) is 5.73 Å². The second-order valence-electron chi connectivity index (χ2n) is 4.96. The molecule has 3 heteroatoms. The molecule has 102 valence electrons. The molecule has 0 aliphatic carbocycles. The molecule has 0 amide bonds. The number of benzene rings is 1. The van der Waals surface area contributed by atoms with Crippen molar-refractivity contribution in [1.29, 1.82) is 0 Å². The Morgan fingerprint density at radius 1 is 1.11 bits per heavy atom. The van der Waals surface area contributed by atoms with Crippen LogP contribution >= 0.6 is 0 Å². The first-order valence-electron chi connectivity index (χ1n) is 6.84. The van der Waals surface area contributed by atoms with E-state index < -0.39 is 5.54 Å². The first-order chi connectivity index (χ1) is 8.66. The van der Waals surface area contributed by atoms with Crippen LogP contribution in [0.15, 0.2) is 30.3 Å². The third kappa shape index (κ3) is 4.09. The van der Waals surface area contributed by atoms with Gasteiger partial charge in [0.25, 0.3) is 0 Å². The molecule has 1 aromatic rings. The van der Waals surface area contributed by atoms with Crippen LogP contribution in [-0.2, 0) is 5.54 Å². The Hall–Kier alpha value is -0.900. The predicted molar refractivity (Wildman–Crippen MR) is 76.4 cm³/mol. The summed E-state index contributed by atoms with van der Waals surface area (Å²) in [5.74, 6) is 0. The van der Waals surface area contributed by atoms with Crippen LogP contribution < -0.4 is 5.73 Å². The van der Waals surface area contributed by atoms with Gasteiger partial charge in [0.05, 0.1) is 12.1 Å². The minimum atomic E-state index is -0.661. The topological polar surface area (TPSA) is 49.5 Å². The van der Waals surface area contributed by atoms with Crippen LogP contribution in [0.2, 0.25) is 0 Å². The van der Waals surface area contributed by atoms with Crippen molar-refractivity contribution in [3.8, 4) is 0 Å². The van der Waals surface area contributed by atoms with Crippen LogP contribution in [0, 0.1) is 0 Å². The van der Waals surface area contributed by atoms with Gasteiger partial charge in [-0.3, -0.25) is 0 Å². The fourth-order valence-corrected chi connectivity index (χ4v) is 2.30. The average Bonchev–Trinajstić information content (AvgIpc) is 2.40. The second kappa shape index (κ2) is 7.52. The Kier molecular flexibility index (Phi) is 6.33. The fourth-order valence-electron chi connectivity index (χ4n) is 2.30. The van der Waals surface area contributed by atoms with E-state index in [1.165, 1.54) is 0 Å². The van der Waals surface area contributed by atoms with Crippen molar-refractivity contribution < 1.29 is 5.11 Å². The second-order valence-corrected chi connectivity index (χ2v) is 4.96. The molecule has 1 atom stereocenters. The Balaban J connectivity index is 2.80. The summed E-state index contributed by atoms with van der Waals surface area (Å²) in [7, 11) is 0. The highest BCUT2D eigenvalue weighted by Gasteiger charge is 2.28. The molecule has 1 aromatic carbocycles. The van der Waals surface area contributed by atoms with Crippen molar-refractivity contribution in [2.45, 2.75) is 32.2 Å². The third-order valence-electron chi connectivity index (χ3n) is 3.22. The van der Waals surface area contributed by atoms with E-state index in [9.17, 15) is 5.11 Å². The molecule has 0 aromatic heterocycles. The third-order valence-corrected chi connectivity index (χ3v) is 3.22. The van der Waals surface area contributed by atoms with Gasteiger partial charge in [-0.15, -0.1) is 0 Å². The maximum Gasteiger partial charge on any atom is 0.0772 e.